The topological polar surface area (TPSA) is 32.3 Å². The third-order valence-corrected chi connectivity index (χ3v) is 4.53. The minimum atomic E-state index is 0.133. The van der Waals surface area contributed by atoms with E-state index in [1.165, 1.54) is 18.4 Å². The maximum atomic E-state index is 9.60. The zero-order valence-corrected chi connectivity index (χ0v) is 12.4. The maximum absolute atomic E-state index is 9.60. The van der Waals surface area contributed by atoms with Crippen LogP contribution < -0.4 is 5.32 Å². The summed E-state index contributed by atoms with van der Waals surface area (Å²) in [5.74, 6) is 0. The number of halogens is 1. The zero-order valence-electron chi connectivity index (χ0n) is 11.7. The van der Waals surface area contributed by atoms with Crippen molar-refractivity contribution in [1.29, 1.82) is 0 Å². The van der Waals surface area contributed by atoms with Crippen LogP contribution in [0, 0.1) is 5.41 Å². The number of aliphatic hydroxyl groups excluding tert-OH is 1. The molecule has 19 heavy (non-hydrogen) atoms. The van der Waals surface area contributed by atoms with Crippen molar-refractivity contribution in [2.45, 2.75) is 45.1 Å². The van der Waals surface area contributed by atoms with Crippen molar-refractivity contribution >= 4 is 11.6 Å². The molecule has 1 unspecified atom stereocenters. The Morgan fingerprint density at radius 2 is 1.89 bits per heavy atom. The lowest BCUT2D eigenvalue weighted by Gasteiger charge is -2.28. The summed E-state index contributed by atoms with van der Waals surface area (Å²) in [5.41, 5.74) is 1.43. The third kappa shape index (κ3) is 4.20. The number of nitrogens with one attached hydrogen (secondary N) is 1. The second kappa shape index (κ2) is 6.74. The second-order valence-corrected chi connectivity index (χ2v) is 6.41. The van der Waals surface area contributed by atoms with Crippen LogP contribution in [0.1, 0.15) is 38.2 Å². The molecule has 0 aromatic heterocycles. The number of hydrogen-bond donors (Lipinski definition) is 2. The lowest BCUT2D eigenvalue weighted by Crippen LogP contribution is -2.40. The van der Waals surface area contributed by atoms with Crippen LogP contribution in [-0.4, -0.2) is 24.3 Å². The molecule has 0 aliphatic heterocycles. The Balaban J connectivity index is 1.81. The van der Waals surface area contributed by atoms with E-state index in [0.717, 1.165) is 30.8 Å². The summed E-state index contributed by atoms with van der Waals surface area (Å²) in [6.07, 6.45) is 5.83. The van der Waals surface area contributed by atoms with Gasteiger partial charge in [-0.05, 0) is 43.9 Å². The highest BCUT2D eigenvalue weighted by molar-refractivity contribution is 6.30. The minimum Gasteiger partial charge on any atom is -0.396 e. The molecule has 1 aliphatic carbocycles. The maximum Gasteiger partial charge on any atom is 0.0499 e. The molecular formula is C16H24ClNO. The summed E-state index contributed by atoms with van der Waals surface area (Å²) in [6, 6.07) is 8.46. The number of hydrogen-bond acceptors (Lipinski definition) is 2. The van der Waals surface area contributed by atoms with E-state index in [9.17, 15) is 5.11 Å². The van der Waals surface area contributed by atoms with Crippen molar-refractivity contribution in [3.63, 3.8) is 0 Å². The van der Waals surface area contributed by atoms with Crippen LogP contribution in [0.25, 0.3) is 0 Å². The zero-order chi connectivity index (χ0) is 13.7. The van der Waals surface area contributed by atoms with Gasteiger partial charge in [-0.3, -0.25) is 0 Å². The lowest BCUT2D eigenvalue weighted by molar-refractivity contribution is 0.125. The predicted molar refractivity (Wildman–Crippen MR) is 80.6 cm³/mol. The van der Waals surface area contributed by atoms with Crippen LogP contribution in [0.2, 0.25) is 5.02 Å². The van der Waals surface area contributed by atoms with Gasteiger partial charge in [-0.1, -0.05) is 36.6 Å². The molecule has 2 rings (SSSR count). The molecule has 1 atom stereocenters. The van der Waals surface area contributed by atoms with Gasteiger partial charge in [0.15, 0.2) is 0 Å². The van der Waals surface area contributed by atoms with Gasteiger partial charge in [0.25, 0.3) is 0 Å². The van der Waals surface area contributed by atoms with E-state index < -0.39 is 0 Å². The Morgan fingerprint density at radius 3 is 2.47 bits per heavy atom. The summed E-state index contributed by atoms with van der Waals surface area (Å²) < 4.78 is 0. The fraction of sp³-hybridized carbons (Fsp3) is 0.625. The normalized spacial score (nSPS) is 19.5. The molecule has 1 aromatic rings. The molecule has 106 valence electrons. The van der Waals surface area contributed by atoms with Gasteiger partial charge >= 0.3 is 0 Å². The molecule has 1 saturated carbocycles. The molecule has 0 amide bonds. The van der Waals surface area contributed by atoms with E-state index >= 15 is 0 Å². The van der Waals surface area contributed by atoms with Gasteiger partial charge < -0.3 is 10.4 Å². The largest absolute Gasteiger partial charge is 0.396 e. The molecule has 1 fully saturated rings. The van der Waals surface area contributed by atoms with E-state index in [-0.39, 0.29) is 5.41 Å². The molecule has 0 heterocycles. The number of benzene rings is 1. The van der Waals surface area contributed by atoms with Gasteiger partial charge in [-0.15, -0.1) is 0 Å². The molecule has 0 spiro atoms. The molecule has 1 aromatic carbocycles. The van der Waals surface area contributed by atoms with Crippen LogP contribution in [-0.2, 0) is 6.42 Å². The quantitative estimate of drug-likeness (QED) is 0.837. The molecule has 2 N–H and O–H groups in total. The first-order chi connectivity index (χ1) is 9.13. The van der Waals surface area contributed by atoms with Gasteiger partial charge in [0, 0.05) is 29.6 Å². The summed E-state index contributed by atoms with van der Waals surface area (Å²) in [4.78, 5) is 0. The Hall–Kier alpha value is -0.570. The second-order valence-electron chi connectivity index (χ2n) is 5.98. The van der Waals surface area contributed by atoms with Crippen molar-refractivity contribution in [3.8, 4) is 0 Å². The highest BCUT2D eigenvalue weighted by atomic mass is 35.5. The van der Waals surface area contributed by atoms with Crippen LogP contribution in [0.5, 0.6) is 0 Å². The molecule has 0 radical (unpaired) electrons. The monoisotopic (exact) mass is 281 g/mol. The van der Waals surface area contributed by atoms with E-state index in [1.54, 1.807) is 0 Å². The van der Waals surface area contributed by atoms with Crippen LogP contribution >= 0.6 is 11.6 Å². The molecule has 0 saturated heterocycles. The van der Waals surface area contributed by atoms with Crippen molar-refractivity contribution in [3.05, 3.63) is 34.9 Å². The van der Waals surface area contributed by atoms with Crippen molar-refractivity contribution in [2.24, 2.45) is 5.41 Å². The summed E-state index contributed by atoms with van der Waals surface area (Å²) in [7, 11) is 0. The first-order valence-electron chi connectivity index (χ1n) is 7.22. The summed E-state index contributed by atoms with van der Waals surface area (Å²) >= 11 is 5.89. The van der Waals surface area contributed by atoms with Gasteiger partial charge in [-0.25, -0.2) is 0 Å². The van der Waals surface area contributed by atoms with Crippen LogP contribution in [0.4, 0.5) is 0 Å². The Morgan fingerprint density at radius 1 is 1.26 bits per heavy atom. The van der Waals surface area contributed by atoms with Crippen molar-refractivity contribution in [2.75, 3.05) is 13.2 Å². The molecule has 1 aliphatic rings. The first-order valence-corrected chi connectivity index (χ1v) is 7.60. The summed E-state index contributed by atoms with van der Waals surface area (Å²) in [6.45, 7) is 3.44. The van der Waals surface area contributed by atoms with Gasteiger partial charge in [0.2, 0.25) is 0 Å². The highest BCUT2D eigenvalue weighted by Crippen LogP contribution is 2.37. The predicted octanol–water partition coefficient (Wildman–Crippen LogP) is 3.41. The number of rotatable bonds is 6. The van der Waals surface area contributed by atoms with Crippen molar-refractivity contribution in [1.82, 2.24) is 5.32 Å². The highest BCUT2D eigenvalue weighted by Gasteiger charge is 2.32. The van der Waals surface area contributed by atoms with Crippen LogP contribution in [0.15, 0.2) is 24.3 Å². The smallest absolute Gasteiger partial charge is 0.0499 e. The standard InChI is InChI=1S/C16H24ClNO/c1-13(10-14-4-6-15(17)7-5-14)18-11-16(12-19)8-2-3-9-16/h4-7,13,18-19H,2-3,8-12H2,1H3. The Bertz CT molecular complexity index is 384. The molecule has 3 heteroatoms. The van der Waals surface area contributed by atoms with Crippen molar-refractivity contribution < 1.29 is 5.11 Å². The SMILES string of the molecule is CC(Cc1ccc(Cl)cc1)NCC1(CO)CCCC1. The van der Waals surface area contributed by atoms with Gasteiger partial charge in [0.1, 0.15) is 0 Å². The molecular weight excluding hydrogens is 258 g/mol. The average Bonchev–Trinajstić information content (AvgIpc) is 2.89. The number of aliphatic hydroxyl groups is 1. The lowest BCUT2D eigenvalue weighted by atomic mass is 9.87. The molecule has 2 nitrogen and oxygen atoms in total. The Kier molecular flexibility index (Phi) is 5.26. The van der Waals surface area contributed by atoms with E-state index in [4.69, 9.17) is 11.6 Å². The third-order valence-electron chi connectivity index (χ3n) is 4.28. The average molecular weight is 282 g/mol. The summed E-state index contributed by atoms with van der Waals surface area (Å²) in [5, 5.41) is 14.0. The van der Waals surface area contributed by atoms with Gasteiger partial charge in [0.05, 0.1) is 0 Å². The fourth-order valence-electron chi connectivity index (χ4n) is 2.95. The van der Waals surface area contributed by atoms with Gasteiger partial charge in [-0.2, -0.15) is 0 Å². The first kappa shape index (κ1) is 14.8. The van der Waals surface area contributed by atoms with E-state index in [1.807, 2.05) is 12.1 Å². The van der Waals surface area contributed by atoms with Crippen LogP contribution in [0.3, 0.4) is 0 Å². The molecule has 0 bridgehead atoms. The van der Waals surface area contributed by atoms with E-state index in [2.05, 4.69) is 24.4 Å². The van der Waals surface area contributed by atoms with E-state index in [0.29, 0.717) is 12.6 Å². The minimum absolute atomic E-state index is 0.133. The Labute approximate surface area is 121 Å². The fourth-order valence-corrected chi connectivity index (χ4v) is 3.08.